The van der Waals surface area contributed by atoms with Crippen LogP contribution in [0.15, 0.2) is 48.5 Å². The van der Waals surface area contributed by atoms with Crippen LogP contribution in [0.4, 0.5) is 4.79 Å². The van der Waals surface area contributed by atoms with Crippen LogP contribution in [0.3, 0.4) is 0 Å². The van der Waals surface area contributed by atoms with Crippen LogP contribution < -0.4 is 10.6 Å². The number of alkyl carbamates (subject to hydrolysis) is 1. The molecule has 0 saturated carbocycles. The van der Waals surface area contributed by atoms with Crippen LogP contribution in [0.1, 0.15) is 50.2 Å². The van der Waals surface area contributed by atoms with Crippen LogP contribution in [-0.4, -0.2) is 55.0 Å². The fourth-order valence-corrected chi connectivity index (χ4v) is 4.72. The summed E-state index contributed by atoms with van der Waals surface area (Å²) in [6.07, 6.45) is 0.269. The summed E-state index contributed by atoms with van der Waals surface area (Å²) >= 11 is 0. The third-order valence-electron chi connectivity index (χ3n) is 6.69. The fourth-order valence-electron chi connectivity index (χ4n) is 4.72. The SMILES string of the molecule is CC1(C)CCC(CNC(=O)C(CC(=O)O)NC(=O)OCC2c3ccccc3-c3ccccc32)OC1. The van der Waals surface area contributed by atoms with Gasteiger partial charge in [0, 0.05) is 12.5 Å². The Morgan fingerprint density at radius 1 is 1.09 bits per heavy atom. The number of carbonyl (C=O) groups is 3. The number of amides is 2. The van der Waals surface area contributed by atoms with Gasteiger partial charge in [-0.25, -0.2) is 4.79 Å². The fraction of sp³-hybridized carbons (Fsp3) is 0.444. The summed E-state index contributed by atoms with van der Waals surface area (Å²) in [7, 11) is 0. The highest BCUT2D eigenvalue weighted by Crippen LogP contribution is 2.44. The van der Waals surface area contributed by atoms with Crippen molar-refractivity contribution < 1.29 is 29.0 Å². The number of hydrogen-bond donors (Lipinski definition) is 3. The van der Waals surface area contributed by atoms with E-state index in [1.54, 1.807) is 0 Å². The predicted molar refractivity (Wildman–Crippen MR) is 130 cm³/mol. The van der Waals surface area contributed by atoms with E-state index in [9.17, 15) is 19.5 Å². The number of ether oxygens (including phenoxy) is 2. The summed E-state index contributed by atoms with van der Waals surface area (Å²) in [5.74, 6) is -1.90. The lowest BCUT2D eigenvalue weighted by atomic mass is 9.85. The monoisotopic (exact) mass is 480 g/mol. The van der Waals surface area contributed by atoms with Gasteiger partial charge in [-0.1, -0.05) is 62.4 Å². The molecule has 2 atom stereocenters. The Bertz CT molecular complexity index is 1040. The molecule has 4 rings (SSSR count). The summed E-state index contributed by atoms with van der Waals surface area (Å²) in [5, 5.41) is 14.4. The van der Waals surface area contributed by atoms with E-state index < -0.39 is 30.4 Å². The summed E-state index contributed by atoms with van der Waals surface area (Å²) in [5.41, 5.74) is 4.45. The smallest absolute Gasteiger partial charge is 0.407 e. The van der Waals surface area contributed by atoms with Gasteiger partial charge in [0.25, 0.3) is 0 Å². The average molecular weight is 481 g/mol. The van der Waals surface area contributed by atoms with E-state index in [1.807, 2.05) is 48.5 Å². The number of carbonyl (C=O) groups excluding carboxylic acids is 2. The molecular formula is C27H32N2O6. The molecule has 1 fully saturated rings. The zero-order valence-corrected chi connectivity index (χ0v) is 20.1. The molecule has 3 N–H and O–H groups in total. The van der Waals surface area contributed by atoms with E-state index in [2.05, 4.69) is 24.5 Å². The van der Waals surface area contributed by atoms with Crippen LogP contribution in [-0.2, 0) is 19.1 Å². The molecule has 186 valence electrons. The number of rotatable bonds is 8. The van der Waals surface area contributed by atoms with Gasteiger partial charge in [-0.05, 0) is 40.5 Å². The number of hydrogen-bond acceptors (Lipinski definition) is 5. The summed E-state index contributed by atoms with van der Waals surface area (Å²) < 4.78 is 11.3. The Kier molecular flexibility index (Phi) is 7.40. The van der Waals surface area contributed by atoms with E-state index in [0.29, 0.717) is 6.61 Å². The van der Waals surface area contributed by atoms with Gasteiger partial charge in [-0.15, -0.1) is 0 Å². The minimum absolute atomic E-state index is 0.0764. The van der Waals surface area contributed by atoms with Crippen molar-refractivity contribution in [3.63, 3.8) is 0 Å². The van der Waals surface area contributed by atoms with Crippen molar-refractivity contribution in [1.29, 1.82) is 0 Å². The van der Waals surface area contributed by atoms with Crippen LogP contribution in [0, 0.1) is 5.41 Å². The molecule has 2 aromatic rings. The maximum atomic E-state index is 12.7. The van der Waals surface area contributed by atoms with Gasteiger partial charge < -0.3 is 25.2 Å². The van der Waals surface area contributed by atoms with E-state index in [4.69, 9.17) is 9.47 Å². The van der Waals surface area contributed by atoms with Gasteiger partial charge >= 0.3 is 12.1 Å². The molecule has 2 aliphatic rings. The summed E-state index contributed by atoms with van der Waals surface area (Å²) in [6.45, 7) is 5.19. The van der Waals surface area contributed by atoms with Gasteiger partial charge in [-0.3, -0.25) is 9.59 Å². The second-order valence-corrected chi connectivity index (χ2v) is 10.0. The average Bonchev–Trinajstić information content (AvgIpc) is 3.15. The summed E-state index contributed by atoms with van der Waals surface area (Å²) in [4.78, 5) is 36.6. The minimum Gasteiger partial charge on any atom is -0.481 e. The lowest BCUT2D eigenvalue weighted by Crippen LogP contribution is -2.50. The molecule has 1 aliphatic heterocycles. The molecule has 0 aromatic heterocycles. The van der Waals surface area contributed by atoms with Crippen molar-refractivity contribution in [1.82, 2.24) is 10.6 Å². The maximum absolute atomic E-state index is 12.7. The number of carboxylic acid groups (broad SMARTS) is 1. The Morgan fingerprint density at radius 2 is 1.71 bits per heavy atom. The van der Waals surface area contributed by atoms with Gasteiger partial charge in [0.1, 0.15) is 12.6 Å². The zero-order chi connectivity index (χ0) is 25.0. The van der Waals surface area contributed by atoms with E-state index in [-0.39, 0.29) is 30.6 Å². The molecule has 2 aromatic carbocycles. The first-order valence-corrected chi connectivity index (χ1v) is 12.0. The molecule has 1 aliphatic carbocycles. The Balaban J connectivity index is 1.33. The lowest BCUT2D eigenvalue weighted by molar-refractivity contribution is -0.140. The van der Waals surface area contributed by atoms with Crippen molar-refractivity contribution in [3.8, 4) is 11.1 Å². The second kappa shape index (κ2) is 10.5. The molecule has 2 unspecified atom stereocenters. The topological polar surface area (TPSA) is 114 Å². The molecule has 2 amide bonds. The van der Waals surface area contributed by atoms with Crippen molar-refractivity contribution >= 4 is 18.0 Å². The zero-order valence-electron chi connectivity index (χ0n) is 20.1. The largest absolute Gasteiger partial charge is 0.481 e. The highest BCUT2D eigenvalue weighted by Gasteiger charge is 2.31. The number of carboxylic acids is 1. The predicted octanol–water partition coefficient (Wildman–Crippen LogP) is 3.69. The van der Waals surface area contributed by atoms with Gasteiger partial charge in [0.15, 0.2) is 0 Å². The molecule has 1 saturated heterocycles. The van der Waals surface area contributed by atoms with Gasteiger partial charge in [0.2, 0.25) is 5.91 Å². The Morgan fingerprint density at radius 3 is 2.29 bits per heavy atom. The minimum atomic E-state index is -1.25. The van der Waals surface area contributed by atoms with Crippen LogP contribution in [0.5, 0.6) is 0 Å². The Labute approximate surface area is 205 Å². The highest BCUT2D eigenvalue weighted by molar-refractivity contribution is 5.89. The van der Waals surface area contributed by atoms with Crippen molar-refractivity contribution in [3.05, 3.63) is 59.7 Å². The lowest BCUT2D eigenvalue weighted by Gasteiger charge is -2.34. The Hall–Kier alpha value is -3.39. The summed E-state index contributed by atoms with van der Waals surface area (Å²) in [6, 6.07) is 14.7. The van der Waals surface area contributed by atoms with Crippen molar-refractivity contribution in [2.75, 3.05) is 19.8 Å². The quantitative estimate of drug-likeness (QED) is 0.531. The van der Waals surface area contributed by atoms with Gasteiger partial charge in [0.05, 0.1) is 19.1 Å². The first-order valence-electron chi connectivity index (χ1n) is 12.0. The van der Waals surface area contributed by atoms with Crippen LogP contribution in [0.2, 0.25) is 0 Å². The molecule has 0 spiro atoms. The molecule has 0 bridgehead atoms. The second-order valence-electron chi connectivity index (χ2n) is 10.0. The van der Waals surface area contributed by atoms with Gasteiger partial charge in [-0.2, -0.15) is 0 Å². The number of aliphatic carboxylic acids is 1. The van der Waals surface area contributed by atoms with Crippen LogP contribution in [0.25, 0.3) is 11.1 Å². The van der Waals surface area contributed by atoms with E-state index in [1.165, 1.54) is 0 Å². The number of benzene rings is 2. The first kappa shape index (κ1) is 24.7. The highest BCUT2D eigenvalue weighted by atomic mass is 16.5. The third-order valence-corrected chi connectivity index (χ3v) is 6.69. The maximum Gasteiger partial charge on any atom is 0.407 e. The molecule has 1 heterocycles. The molecule has 35 heavy (non-hydrogen) atoms. The molecule has 8 heteroatoms. The standard InChI is InChI=1S/C27H32N2O6/c1-27(2)12-11-17(35-16-27)14-28-25(32)23(13-24(30)31)29-26(33)34-15-22-20-9-5-3-7-18(20)19-8-4-6-10-21(19)22/h3-10,17,22-23H,11-16H2,1-2H3,(H,28,32)(H,29,33)(H,30,31). The molecule has 8 nitrogen and oxygen atoms in total. The van der Waals surface area contributed by atoms with E-state index in [0.717, 1.165) is 35.1 Å². The number of nitrogens with one attached hydrogen (secondary N) is 2. The molecular weight excluding hydrogens is 448 g/mol. The van der Waals surface area contributed by atoms with Crippen molar-refractivity contribution in [2.45, 2.75) is 51.2 Å². The third kappa shape index (κ3) is 6.00. The molecule has 0 radical (unpaired) electrons. The number of fused-ring (bicyclic) bond motifs is 3. The normalized spacial score (nSPS) is 19.2. The van der Waals surface area contributed by atoms with Crippen molar-refractivity contribution in [2.24, 2.45) is 5.41 Å². The van der Waals surface area contributed by atoms with Crippen LogP contribution >= 0.6 is 0 Å². The van der Waals surface area contributed by atoms with E-state index >= 15 is 0 Å². The first-order chi connectivity index (χ1) is 16.7.